The molecule has 0 unspecified atom stereocenters. The summed E-state index contributed by atoms with van der Waals surface area (Å²) in [5.41, 5.74) is 6.73. The fourth-order valence-electron chi connectivity index (χ4n) is 4.19. The van der Waals surface area contributed by atoms with E-state index in [1.54, 1.807) is 11.8 Å². The number of benzene rings is 1. The van der Waals surface area contributed by atoms with E-state index in [1.807, 2.05) is 32.1 Å². The van der Waals surface area contributed by atoms with Gasteiger partial charge in [0.15, 0.2) is 0 Å². The average Bonchev–Trinajstić information content (AvgIpc) is 3.10. The number of nitrogens with zero attached hydrogens (tertiary/aromatic N) is 2. The Balaban J connectivity index is 2.13. The molecule has 31 heavy (non-hydrogen) atoms. The van der Waals surface area contributed by atoms with Gasteiger partial charge in [-0.15, -0.1) is 0 Å². The van der Waals surface area contributed by atoms with Gasteiger partial charge < -0.3 is 14.2 Å². The first-order valence-electron chi connectivity index (χ1n) is 10.8. The minimum absolute atomic E-state index is 0.144. The molecule has 3 rings (SSSR count). The predicted octanol–water partition coefficient (Wildman–Crippen LogP) is 5.12. The summed E-state index contributed by atoms with van der Waals surface area (Å²) in [5, 5.41) is 0. The number of amides is 1. The van der Waals surface area contributed by atoms with Gasteiger partial charge in [0.05, 0.1) is 17.8 Å². The fraction of sp³-hybridized carbons (Fsp3) is 0.385. The van der Waals surface area contributed by atoms with E-state index in [0.29, 0.717) is 23.4 Å². The molecule has 5 heteroatoms. The number of carbonyl (C=O) groups excluding carboxylic acids is 2. The van der Waals surface area contributed by atoms with Crippen LogP contribution in [0.3, 0.4) is 0 Å². The Morgan fingerprint density at radius 2 is 1.81 bits per heavy atom. The van der Waals surface area contributed by atoms with Crippen molar-refractivity contribution in [1.29, 1.82) is 0 Å². The van der Waals surface area contributed by atoms with Crippen molar-refractivity contribution in [3.8, 4) is 5.69 Å². The lowest BCUT2D eigenvalue weighted by Crippen LogP contribution is -2.28. The van der Waals surface area contributed by atoms with Crippen molar-refractivity contribution in [2.24, 2.45) is 5.92 Å². The lowest BCUT2D eigenvalue weighted by Gasteiger charge is -2.19. The molecule has 1 aromatic heterocycles. The van der Waals surface area contributed by atoms with Crippen molar-refractivity contribution in [1.82, 2.24) is 9.47 Å². The van der Waals surface area contributed by atoms with Crippen LogP contribution in [0.4, 0.5) is 0 Å². The quantitative estimate of drug-likeness (QED) is 0.481. The van der Waals surface area contributed by atoms with Crippen molar-refractivity contribution in [2.45, 2.75) is 48.5 Å². The largest absolute Gasteiger partial charge is 0.462 e. The molecule has 2 aromatic rings. The minimum Gasteiger partial charge on any atom is -0.462 e. The zero-order valence-electron chi connectivity index (χ0n) is 19.6. The van der Waals surface area contributed by atoms with Crippen LogP contribution in [-0.4, -0.2) is 34.5 Å². The number of allylic oxidation sites excluding steroid dienone is 1. The van der Waals surface area contributed by atoms with Gasteiger partial charge in [0.25, 0.3) is 5.91 Å². The van der Waals surface area contributed by atoms with Gasteiger partial charge >= 0.3 is 5.97 Å². The van der Waals surface area contributed by atoms with Crippen molar-refractivity contribution < 1.29 is 14.3 Å². The smallest absolute Gasteiger partial charge is 0.340 e. The zero-order chi connectivity index (χ0) is 22.9. The molecule has 1 aromatic carbocycles. The van der Waals surface area contributed by atoms with Gasteiger partial charge in [0, 0.05) is 29.3 Å². The number of carbonyl (C=O) groups is 2. The lowest BCUT2D eigenvalue weighted by molar-refractivity contribution is -0.138. The fourth-order valence-corrected chi connectivity index (χ4v) is 4.19. The van der Waals surface area contributed by atoms with Crippen LogP contribution in [0.1, 0.15) is 50.2 Å². The van der Waals surface area contributed by atoms with E-state index in [-0.39, 0.29) is 18.4 Å². The summed E-state index contributed by atoms with van der Waals surface area (Å²) in [6.07, 6.45) is 1.84. The molecule has 0 spiro atoms. The van der Waals surface area contributed by atoms with Gasteiger partial charge in [-0.2, -0.15) is 0 Å². The molecule has 5 nitrogen and oxygen atoms in total. The first kappa shape index (κ1) is 22.6. The summed E-state index contributed by atoms with van der Waals surface area (Å²) in [6, 6.07) is 10.3. The third-order valence-corrected chi connectivity index (χ3v) is 5.67. The maximum absolute atomic E-state index is 13.3. The number of rotatable bonds is 6. The summed E-state index contributed by atoms with van der Waals surface area (Å²) in [5.74, 6) is -0.304. The molecule has 1 aliphatic rings. The number of ether oxygens (including phenoxy) is 1. The third kappa shape index (κ3) is 4.22. The van der Waals surface area contributed by atoms with E-state index in [0.717, 1.165) is 22.6 Å². The number of hydrogen-bond acceptors (Lipinski definition) is 3. The van der Waals surface area contributed by atoms with Crippen LogP contribution in [-0.2, 0) is 14.3 Å². The Hall–Kier alpha value is -3.08. The zero-order valence-corrected chi connectivity index (χ0v) is 19.6. The molecule has 2 heterocycles. The molecule has 0 radical (unpaired) electrons. The second kappa shape index (κ2) is 8.96. The van der Waals surface area contributed by atoms with Crippen LogP contribution >= 0.6 is 0 Å². The van der Waals surface area contributed by atoms with Crippen molar-refractivity contribution in [3.05, 3.63) is 69.7 Å². The Morgan fingerprint density at radius 3 is 2.42 bits per heavy atom. The van der Waals surface area contributed by atoms with E-state index < -0.39 is 5.97 Å². The van der Waals surface area contributed by atoms with E-state index >= 15 is 0 Å². The van der Waals surface area contributed by atoms with Crippen LogP contribution < -0.4 is 0 Å². The van der Waals surface area contributed by atoms with Crippen LogP contribution in [0.25, 0.3) is 11.8 Å². The minimum atomic E-state index is -0.446. The molecule has 1 amide bonds. The van der Waals surface area contributed by atoms with Crippen LogP contribution in [0.15, 0.2) is 47.2 Å². The van der Waals surface area contributed by atoms with Crippen LogP contribution in [0.2, 0.25) is 0 Å². The molecule has 0 saturated carbocycles. The van der Waals surface area contributed by atoms with Gasteiger partial charge in [-0.3, -0.25) is 4.79 Å². The Bertz CT molecular complexity index is 1090. The summed E-state index contributed by atoms with van der Waals surface area (Å²) in [6.45, 7) is 14.7. The monoisotopic (exact) mass is 420 g/mol. The van der Waals surface area contributed by atoms with Crippen molar-refractivity contribution in [2.75, 3.05) is 13.2 Å². The molecule has 0 saturated heterocycles. The van der Waals surface area contributed by atoms with E-state index in [2.05, 4.69) is 50.5 Å². The second-order valence-corrected chi connectivity index (χ2v) is 8.50. The van der Waals surface area contributed by atoms with E-state index in [4.69, 9.17) is 4.74 Å². The van der Waals surface area contributed by atoms with Crippen LogP contribution in [0.5, 0.6) is 0 Å². The highest BCUT2D eigenvalue weighted by atomic mass is 16.5. The van der Waals surface area contributed by atoms with Crippen molar-refractivity contribution >= 4 is 18.0 Å². The van der Waals surface area contributed by atoms with Crippen molar-refractivity contribution in [3.63, 3.8) is 0 Å². The first-order valence-corrected chi connectivity index (χ1v) is 10.8. The topological polar surface area (TPSA) is 51.5 Å². The number of aryl methyl sites for hydroxylation is 2. The molecule has 0 fully saturated rings. The summed E-state index contributed by atoms with van der Waals surface area (Å²) >= 11 is 0. The molecule has 1 aliphatic heterocycles. The molecular weight excluding hydrogens is 388 g/mol. The standard InChI is InChI=1S/C26H32N2O3/c1-8-31-26(30)24-20(7)27(15-16(2)3)25(29)22(24)14-21-13-18(5)28(19(21)6)23-12-10-9-11-17(23)4/h9-14,16H,8,15H2,1-7H3/b22-14-. The number of para-hydroxylation sites is 1. The molecule has 164 valence electrons. The van der Waals surface area contributed by atoms with Gasteiger partial charge in [-0.1, -0.05) is 32.0 Å². The Morgan fingerprint density at radius 1 is 1.13 bits per heavy atom. The lowest BCUT2D eigenvalue weighted by atomic mass is 10.0. The highest BCUT2D eigenvalue weighted by Gasteiger charge is 2.37. The average molecular weight is 421 g/mol. The normalized spacial score (nSPS) is 15.5. The third-order valence-electron chi connectivity index (χ3n) is 5.67. The predicted molar refractivity (Wildman–Crippen MR) is 124 cm³/mol. The van der Waals surface area contributed by atoms with E-state index in [1.165, 1.54) is 5.56 Å². The van der Waals surface area contributed by atoms with Gasteiger partial charge in [0.2, 0.25) is 0 Å². The second-order valence-electron chi connectivity index (χ2n) is 8.50. The summed E-state index contributed by atoms with van der Waals surface area (Å²) < 4.78 is 7.48. The van der Waals surface area contributed by atoms with Crippen LogP contribution in [0, 0.1) is 26.7 Å². The molecule has 0 bridgehead atoms. The highest BCUT2D eigenvalue weighted by Crippen LogP contribution is 2.34. The SMILES string of the molecule is CCOC(=O)C1=C(C)N(CC(C)C)C(=O)/C1=C\c1cc(C)n(-c2ccccc2C)c1C. The van der Waals surface area contributed by atoms with Gasteiger partial charge in [-0.05, 0) is 69.9 Å². The number of aromatic nitrogens is 1. The number of hydrogen-bond donors (Lipinski definition) is 0. The van der Waals surface area contributed by atoms with Gasteiger partial charge in [0.1, 0.15) is 0 Å². The first-order chi connectivity index (χ1) is 14.7. The Labute approximate surface area is 185 Å². The van der Waals surface area contributed by atoms with Gasteiger partial charge in [-0.25, -0.2) is 4.79 Å². The Kier molecular flexibility index (Phi) is 6.54. The maximum atomic E-state index is 13.3. The molecule has 0 atom stereocenters. The summed E-state index contributed by atoms with van der Waals surface area (Å²) in [4.78, 5) is 27.8. The number of esters is 1. The highest BCUT2D eigenvalue weighted by molar-refractivity contribution is 6.16. The van der Waals surface area contributed by atoms with E-state index in [9.17, 15) is 9.59 Å². The maximum Gasteiger partial charge on any atom is 0.340 e. The molecular formula is C26H32N2O3. The summed E-state index contributed by atoms with van der Waals surface area (Å²) in [7, 11) is 0. The molecule has 0 aliphatic carbocycles. The molecule has 0 N–H and O–H groups in total.